The molecule has 0 saturated heterocycles. The van der Waals surface area contributed by atoms with Gasteiger partial charge in [0.1, 0.15) is 45.7 Å². The second-order valence-electron chi connectivity index (χ2n) is 30.8. The monoisotopic (exact) mass is 1770 g/mol. The van der Waals surface area contributed by atoms with Crippen LogP contribution in [-0.2, 0) is 46.1 Å². The molecule has 6 N–H and O–H groups in total. The summed E-state index contributed by atoms with van der Waals surface area (Å²) in [5, 5.41) is 11.9. The first kappa shape index (κ1) is 99.2. The largest absolute Gasteiger partial charge is 1.00 e. The number of ketones is 4. The van der Waals surface area contributed by atoms with E-state index in [9.17, 15) is 53.9 Å². The number of nitrogen functional groups attached to an aromatic ring is 1. The molecule has 10 aromatic rings. The normalized spacial score (nSPS) is 12.7. The molecule has 636 valence electrons. The predicted octanol–water partition coefficient (Wildman–Crippen LogP) is 12.8. The van der Waals surface area contributed by atoms with Gasteiger partial charge in [-0.05, 0) is 218 Å². The number of hydrogen-bond acceptors (Lipinski definition) is 21. The summed E-state index contributed by atoms with van der Waals surface area (Å²) < 4.78 is 134. The van der Waals surface area contributed by atoms with Crippen LogP contribution in [0.1, 0.15) is 180 Å². The van der Waals surface area contributed by atoms with Crippen LogP contribution in [0.25, 0.3) is 33.4 Å². The second kappa shape index (κ2) is 39.5. The summed E-state index contributed by atoms with van der Waals surface area (Å²) in [7, 11) is -14.0. The first-order valence-corrected chi connectivity index (χ1v) is 44.4. The van der Waals surface area contributed by atoms with Gasteiger partial charge < -0.3 is 44.8 Å². The van der Waals surface area contributed by atoms with Crippen molar-refractivity contribution in [3.63, 3.8) is 0 Å². The van der Waals surface area contributed by atoms with Crippen molar-refractivity contribution in [1.82, 2.24) is 4.58 Å². The molecule has 14 rings (SSSR count). The topological polar surface area (TPSA) is 362 Å². The molecule has 0 radical (unpaired) electrons. The van der Waals surface area contributed by atoms with E-state index in [0.29, 0.717) is 67.5 Å². The van der Waals surface area contributed by atoms with Gasteiger partial charge in [0.25, 0.3) is 10.1 Å². The van der Waals surface area contributed by atoms with Crippen molar-refractivity contribution < 1.29 is 135 Å². The quantitative estimate of drug-likeness (QED) is 0.0133. The predicted molar refractivity (Wildman–Crippen MR) is 482 cm³/mol. The minimum Gasteiger partial charge on any atom is -0.774 e. The van der Waals surface area contributed by atoms with Crippen LogP contribution >= 0.6 is 0 Å². The minimum atomic E-state index is -4.56. The van der Waals surface area contributed by atoms with Gasteiger partial charge in [-0.1, -0.05) is 140 Å². The zero-order chi connectivity index (χ0) is 88.7. The number of fused-ring (bicyclic) bond motifs is 6. The average molecular weight is 1770 g/mol. The molecule has 3 aliphatic carbocycles. The van der Waals surface area contributed by atoms with Crippen LogP contribution in [0.3, 0.4) is 0 Å². The molecule has 29 heteroatoms. The third-order valence-corrected chi connectivity index (χ3v) is 25.6. The zero-order valence-corrected chi connectivity index (χ0v) is 79.6. The van der Waals surface area contributed by atoms with Crippen LogP contribution < -0.4 is 100 Å². The summed E-state index contributed by atoms with van der Waals surface area (Å²) in [5.41, 5.74) is 24.0. The number of hydrogen-bond donors (Lipinski definition) is 5. The fourth-order valence-electron chi connectivity index (χ4n) is 16.0. The molecular formula is C95H99N6Na2O17S4+. The Morgan fingerprint density at radius 1 is 0.524 bits per heavy atom. The van der Waals surface area contributed by atoms with Gasteiger partial charge in [0.15, 0.2) is 28.9 Å². The number of benzene rings is 11. The Bertz CT molecular complexity index is 6660. The number of ether oxygens (including phenoxy) is 1. The van der Waals surface area contributed by atoms with E-state index in [0.717, 1.165) is 98.5 Å². The molecule has 23 nitrogen and oxygen atoms in total. The summed E-state index contributed by atoms with van der Waals surface area (Å²) in [4.78, 5) is 57.5. The number of aryl methyl sites for hydroxylation is 8. The van der Waals surface area contributed by atoms with E-state index in [1.165, 1.54) is 17.7 Å². The number of carbonyl (C=O) groups is 4. The summed E-state index contributed by atoms with van der Waals surface area (Å²) in [5.74, 6) is 3.64. The Morgan fingerprint density at radius 3 is 1.43 bits per heavy atom. The van der Waals surface area contributed by atoms with Gasteiger partial charge in [0, 0.05) is 97.7 Å². The molecule has 0 spiro atoms. The van der Waals surface area contributed by atoms with Crippen LogP contribution in [0.15, 0.2) is 189 Å². The molecule has 1 atom stereocenters. The molecule has 4 aliphatic rings. The Hall–Kier alpha value is -10.2. The van der Waals surface area contributed by atoms with Crippen molar-refractivity contribution in [1.29, 1.82) is 0 Å². The third kappa shape index (κ3) is 20.5. The molecule has 10 aromatic carbocycles. The molecule has 0 saturated carbocycles. The SMILES string of the molecule is C.C=S(=O)([O-])c1c(C)cc(C)c(Nc2ccc(Nc3c(C)cc(C)c(S(=O)(=O)O)c3C)c3c2C(=O)c2ccccc2C3=O)c1C.CCC(C)(C)c1ccc(Oc2cc(Nc3c(C)cc(C)cc3C)c3c(c2N)C(=O)c2ccccc2C3=O)cc1.CCN(CC)c1ccc2c(-c3ccc(S(=O)(=O)[O-])cc3C)c3ccc(=[N+](C)CC)cc-3oc2c1.O=S(=O)=O.[Na+].[Na+]. The molecule has 1 unspecified atom stereocenters. The standard InChI is InChI=1S/C34H34N2O3.C33H32N2O7S2.C27H30N2O4S.CH4.2Na.O3S/c1-7-34(5,6)22-12-14-23(15-13-22)39-27-18-26(36-31-20(3)16-19(2)17-21(31)4)28-29(30(27)35)33(38)25-11-9-8-10-24(25)32(28)37;1-16-14-18(3)32(43(7,38)39)20(5)28(16)34-24-12-13-25(27-26(24)30(36)22-10-8-9-11-23(22)31(27)37)35-29-17(2)15-19(4)33(21(29)6)44(40,41)42;1-6-28(5)19-9-12-23-25(16-19)33-26-17-20(29(7-2)8-3)10-13-24(26)27(23)22-14-11-21(15-18(22)4)34(30,31)32;;;;1-4(2)3/h8-18,36H,7,35H2,1-6H3;8-15,34-35H,7H2,1-6H3,(H,38,39)(H,40,41,42);9-17H,6-8H2,1-5H3;1H4;;;/q;;;;2*+1;/p-1. The number of carbonyl (C=O) groups excluding carboxylic acids is 4. The van der Waals surface area contributed by atoms with Crippen molar-refractivity contribution in [3.8, 4) is 33.9 Å². The summed E-state index contributed by atoms with van der Waals surface area (Å²) >= 11 is 0. The number of anilines is 8. The van der Waals surface area contributed by atoms with E-state index < -0.39 is 52.2 Å². The molecular weight excluding hydrogens is 1670 g/mol. The van der Waals surface area contributed by atoms with E-state index in [4.69, 9.17) is 27.5 Å². The third-order valence-electron chi connectivity index (χ3n) is 22.3. The van der Waals surface area contributed by atoms with Gasteiger partial charge in [0.05, 0.1) is 56.0 Å². The number of nitrogens with one attached hydrogen (secondary N) is 3. The van der Waals surface area contributed by atoms with Crippen molar-refractivity contribution in [2.45, 2.75) is 145 Å². The Kier molecular flexibility index (Phi) is 31.6. The Labute approximate surface area is 771 Å². The van der Waals surface area contributed by atoms with Crippen LogP contribution in [-0.4, -0.2) is 103 Å². The maximum Gasteiger partial charge on any atom is 1.00 e. The van der Waals surface area contributed by atoms with E-state index in [1.54, 1.807) is 120 Å². The van der Waals surface area contributed by atoms with Crippen LogP contribution in [0.4, 0.5) is 45.5 Å². The van der Waals surface area contributed by atoms with Gasteiger partial charge in [-0.25, -0.2) is 13.0 Å². The van der Waals surface area contributed by atoms with E-state index in [-0.39, 0.29) is 154 Å². The van der Waals surface area contributed by atoms with Gasteiger partial charge in [0.2, 0.25) is 5.36 Å². The van der Waals surface area contributed by atoms with Crippen molar-refractivity contribution in [2.24, 2.45) is 0 Å². The molecule has 124 heavy (non-hydrogen) atoms. The summed E-state index contributed by atoms with van der Waals surface area (Å²) in [6, 6.07) is 50.6. The van der Waals surface area contributed by atoms with E-state index in [1.807, 2.05) is 65.9 Å². The summed E-state index contributed by atoms with van der Waals surface area (Å²) in [6.07, 6.45) is 1.01. The maximum atomic E-state index is 14.0. The van der Waals surface area contributed by atoms with E-state index >= 15 is 0 Å². The number of nitrogens with zero attached hydrogens (tertiary/aromatic N) is 2. The Morgan fingerprint density at radius 2 is 0.976 bits per heavy atom. The van der Waals surface area contributed by atoms with Crippen LogP contribution in [0.2, 0.25) is 0 Å². The number of rotatable bonds is 18. The van der Waals surface area contributed by atoms with Crippen molar-refractivity contribution in [3.05, 3.63) is 281 Å². The molecule has 0 aromatic heterocycles. The van der Waals surface area contributed by atoms with E-state index in [2.05, 4.69) is 121 Å². The summed E-state index contributed by atoms with van der Waals surface area (Å²) in [6.45, 7) is 33.5. The van der Waals surface area contributed by atoms with Gasteiger partial charge in [-0.2, -0.15) is 8.42 Å². The van der Waals surface area contributed by atoms with Gasteiger partial charge in [-0.15, -0.1) is 12.6 Å². The first-order valence-electron chi connectivity index (χ1n) is 38.9. The molecule has 0 bridgehead atoms. The zero-order valence-electron chi connectivity index (χ0n) is 72.3. The van der Waals surface area contributed by atoms with Crippen molar-refractivity contribution in [2.75, 3.05) is 53.3 Å². The van der Waals surface area contributed by atoms with Crippen LogP contribution in [0.5, 0.6) is 11.5 Å². The second-order valence-corrected chi connectivity index (χ2v) is 35.6. The molecule has 0 fully saturated rings. The fraction of sp³-hybridized carbons (Fsp3) is 0.242. The Balaban J connectivity index is 0.000000224. The van der Waals surface area contributed by atoms with Crippen molar-refractivity contribution >= 4 is 126 Å². The molecule has 1 aliphatic heterocycles. The van der Waals surface area contributed by atoms with Crippen LogP contribution in [0, 0.1) is 69.2 Å². The van der Waals surface area contributed by atoms with Gasteiger partial charge in [-0.3, -0.25) is 27.9 Å². The number of nitrogens with two attached hydrogens (primary N) is 1. The first-order chi connectivity index (χ1) is 56.8. The smallest absolute Gasteiger partial charge is 0.774 e. The molecule has 0 amide bonds. The maximum absolute atomic E-state index is 14.0. The minimum absolute atomic E-state index is 0. The average Bonchev–Trinajstić information content (AvgIpc) is 0.745. The fourth-order valence-corrected chi connectivity index (χ4v) is 18.7. The molecule has 1 heterocycles. The van der Waals surface area contributed by atoms with Gasteiger partial charge >= 0.3 is 69.7 Å².